The molecule has 0 N–H and O–H groups in total. The average molecular weight is 188 g/mol. The van der Waals surface area contributed by atoms with Gasteiger partial charge in [-0.15, -0.1) is 0 Å². The fourth-order valence-electron chi connectivity index (χ4n) is 2.61. The standard InChI is InChI=1S/C14H20/c1-12-7-5-6-10-14(12)11-13-8-3-2-4-9-13/h2-4,8-9,12,14H,5-7,10-11H2,1H3. The number of rotatable bonds is 2. The molecule has 1 saturated carbocycles. The highest BCUT2D eigenvalue weighted by Crippen LogP contribution is 2.31. The number of benzene rings is 1. The van der Waals surface area contributed by atoms with Gasteiger partial charge in [0.2, 0.25) is 0 Å². The summed E-state index contributed by atoms with van der Waals surface area (Å²) < 4.78 is 0. The first-order valence-corrected chi connectivity index (χ1v) is 5.90. The maximum atomic E-state index is 2.42. The van der Waals surface area contributed by atoms with Crippen LogP contribution in [0, 0.1) is 11.8 Å². The van der Waals surface area contributed by atoms with Crippen molar-refractivity contribution in [2.24, 2.45) is 11.8 Å². The molecule has 0 heterocycles. The quantitative estimate of drug-likeness (QED) is 0.656. The van der Waals surface area contributed by atoms with Gasteiger partial charge in [0.05, 0.1) is 0 Å². The van der Waals surface area contributed by atoms with Crippen molar-refractivity contribution >= 4 is 0 Å². The van der Waals surface area contributed by atoms with Crippen LogP contribution in [0.3, 0.4) is 0 Å². The van der Waals surface area contributed by atoms with Crippen molar-refractivity contribution in [3.05, 3.63) is 35.9 Å². The van der Waals surface area contributed by atoms with E-state index in [1.54, 1.807) is 0 Å². The maximum Gasteiger partial charge on any atom is -0.0248 e. The third-order valence-electron chi connectivity index (χ3n) is 3.63. The zero-order chi connectivity index (χ0) is 9.80. The molecular formula is C14H20. The molecule has 0 aliphatic heterocycles. The molecular weight excluding hydrogens is 168 g/mol. The Morgan fingerprint density at radius 2 is 1.79 bits per heavy atom. The van der Waals surface area contributed by atoms with Gasteiger partial charge in [0.15, 0.2) is 0 Å². The van der Waals surface area contributed by atoms with Crippen LogP contribution in [0.15, 0.2) is 30.3 Å². The summed E-state index contributed by atoms with van der Waals surface area (Å²) in [6, 6.07) is 10.9. The van der Waals surface area contributed by atoms with E-state index in [0.717, 1.165) is 11.8 Å². The largest absolute Gasteiger partial charge is 0.0622 e. The van der Waals surface area contributed by atoms with Crippen LogP contribution in [0.2, 0.25) is 0 Å². The Morgan fingerprint density at radius 3 is 2.50 bits per heavy atom. The van der Waals surface area contributed by atoms with Gasteiger partial charge in [-0.25, -0.2) is 0 Å². The summed E-state index contributed by atoms with van der Waals surface area (Å²) in [6.07, 6.45) is 7.07. The van der Waals surface area contributed by atoms with E-state index in [1.807, 2.05) is 0 Å². The predicted molar refractivity (Wildman–Crippen MR) is 61.3 cm³/mol. The maximum absolute atomic E-state index is 2.42. The van der Waals surface area contributed by atoms with Crippen molar-refractivity contribution < 1.29 is 0 Å². The topological polar surface area (TPSA) is 0 Å². The van der Waals surface area contributed by atoms with Gasteiger partial charge in [-0.05, 0) is 30.2 Å². The molecule has 2 rings (SSSR count). The van der Waals surface area contributed by atoms with Crippen molar-refractivity contribution in [3.8, 4) is 0 Å². The molecule has 76 valence electrons. The lowest BCUT2D eigenvalue weighted by molar-refractivity contribution is 0.255. The molecule has 0 saturated heterocycles. The highest BCUT2D eigenvalue weighted by molar-refractivity contribution is 5.15. The normalized spacial score (nSPS) is 27.5. The van der Waals surface area contributed by atoms with Gasteiger partial charge >= 0.3 is 0 Å². The lowest BCUT2D eigenvalue weighted by Crippen LogP contribution is -2.18. The molecule has 14 heavy (non-hydrogen) atoms. The third kappa shape index (κ3) is 2.37. The fourth-order valence-corrected chi connectivity index (χ4v) is 2.61. The van der Waals surface area contributed by atoms with Gasteiger partial charge in [-0.1, -0.05) is 56.5 Å². The molecule has 0 bridgehead atoms. The minimum atomic E-state index is 0.934. The lowest BCUT2D eigenvalue weighted by Gasteiger charge is -2.28. The summed E-state index contributed by atoms with van der Waals surface area (Å²) in [6.45, 7) is 2.42. The molecule has 1 aliphatic carbocycles. The molecule has 2 unspecified atom stereocenters. The van der Waals surface area contributed by atoms with Crippen molar-refractivity contribution in [3.63, 3.8) is 0 Å². The van der Waals surface area contributed by atoms with E-state index in [4.69, 9.17) is 0 Å². The molecule has 1 aromatic rings. The van der Waals surface area contributed by atoms with Crippen LogP contribution < -0.4 is 0 Å². The van der Waals surface area contributed by atoms with E-state index < -0.39 is 0 Å². The second-order valence-electron chi connectivity index (χ2n) is 4.71. The highest BCUT2D eigenvalue weighted by Gasteiger charge is 2.20. The van der Waals surface area contributed by atoms with E-state index in [0.29, 0.717) is 0 Å². The minimum Gasteiger partial charge on any atom is -0.0622 e. The van der Waals surface area contributed by atoms with E-state index in [2.05, 4.69) is 37.3 Å². The first-order chi connectivity index (χ1) is 6.86. The summed E-state index contributed by atoms with van der Waals surface area (Å²) in [5, 5.41) is 0. The minimum absolute atomic E-state index is 0.934. The van der Waals surface area contributed by atoms with Crippen molar-refractivity contribution in [1.82, 2.24) is 0 Å². The van der Waals surface area contributed by atoms with Crippen molar-refractivity contribution in [1.29, 1.82) is 0 Å². The van der Waals surface area contributed by atoms with Crippen LogP contribution in [0.4, 0.5) is 0 Å². The summed E-state index contributed by atoms with van der Waals surface area (Å²) in [5.41, 5.74) is 1.52. The Balaban J connectivity index is 1.96. The second-order valence-corrected chi connectivity index (χ2v) is 4.71. The Labute approximate surface area is 87.3 Å². The summed E-state index contributed by atoms with van der Waals surface area (Å²) >= 11 is 0. The predicted octanol–water partition coefficient (Wildman–Crippen LogP) is 4.06. The smallest absolute Gasteiger partial charge is 0.0248 e. The van der Waals surface area contributed by atoms with E-state index in [-0.39, 0.29) is 0 Å². The van der Waals surface area contributed by atoms with Gasteiger partial charge in [0, 0.05) is 0 Å². The summed E-state index contributed by atoms with van der Waals surface area (Å²) in [4.78, 5) is 0. The number of hydrogen-bond acceptors (Lipinski definition) is 0. The van der Waals surface area contributed by atoms with Gasteiger partial charge in [0.1, 0.15) is 0 Å². The Hall–Kier alpha value is -0.780. The fraction of sp³-hybridized carbons (Fsp3) is 0.571. The van der Waals surface area contributed by atoms with Crippen LogP contribution in [-0.4, -0.2) is 0 Å². The lowest BCUT2D eigenvalue weighted by atomic mass is 9.77. The Kier molecular flexibility index (Phi) is 3.23. The first kappa shape index (κ1) is 9.76. The third-order valence-corrected chi connectivity index (χ3v) is 3.63. The zero-order valence-electron chi connectivity index (χ0n) is 9.08. The number of hydrogen-bond donors (Lipinski definition) is 0. The van der Waals surface area contributed by atoms with Crippen molar-refractivity contribution in [2.45, 2.75) is 39.0 Å². The van der Waals surface area contributed by atoms with Crippen molar-refractivity contribution in [2.75, 3.05) is 0 Å². The van der Waals surface area contributed by atoms with Gasteiger partial charge in [-0.2, -0.15) is 0 Å². The molecule has 0 radical (unpaired) electrons. The molecule has 0 amide bonds. The molecule has 0 nitrogen and oxygen atoms in total. The van der Waals surface area contributed by atoms with E-state index in [1.165, 1.54) is 37.7 Å². The molecule has 2 atom stereocenters. The molecule has 0 aromatic heterocycles. The monoisotopic (exact) mass is 188 g/mol. The second kappa shape index (κ2) is 4.63. The van der Waals surface area contributed by atoms with E-state index in [9.17, 15) is 0 Å². The Morgan fingerprint density at radius 1 is 1.07 bits per heavy atom. The molecule has 0 spiro atoms. The van der Waals surface area contributed by atoms with Crippen LogP contribution in [0.25, 0.3) is 0 Å². The van der Waals surface area contributed by atoms with Crippen LogP contribution in [0.5, 0.6) is 0 Å². The molecule has 0 heteroatoms. The van der Waals surface area contributed by atoms with Crippen LogP contribution in [0.1, 0.15) is 38.2 Å². The summed E-state index contributed by atoms with van der Waals surface area (Å²) in [5.74, 6) is 1.87. The highest BCUT2D eigenvalue weighted by atomic mass is 14.3. The molecule has 1 fully saturated rings. The average Bonchev–Trinajstić information content (AvgIpc) is 2.23. The first-order valence-electron chi connectivity index (χ1n) is 5.90. The SMILES string of the molecule is CC1CCCCC1Cc1ccccc1. The molecule has 1 aromatic carbocycles. The van der Waals surface area contributed by atoms with Crippen LogP contribution >= 0.6 is 0 Å². The van der Waals surface area contributed by atoms with E-state index >= 15 is 0 Å². The van der Waals surface area contributed by atoms with Gasteiger partial charge < -0.3 is 0 Å². The summed E-state index contributed by atoms with van der Waals surface area (Å²) in [7, 11) is 0. The Bertz CT molecular complexity index is 263. The van der Waals surface area contributed by atoms with Crippen LogP contribution in [-0.2, 0) is 6.42 Å². The molecule has 1 aliphatic rings. The van der Waals surface area contributed by atoms with Gasteiger partial charge in [-0.3, -0.25) is 0 Å². The zero-order valence-corrected chi connectivity index (χ0v) is 9.08. The van der Waals surface area contributed by atoms with Gasteiger partial charge in [0.25, 0.3) is 0 Å².